The fraction of sp³-hybridized carbons (Fsp3) is 0.400. The summed E-state index contributed by atoms with van der Waals surface area (Å²) in [6.45, 7) is 0.325. The van der Waals surface area contributed by atoms with E-state index in [1.54, 1.807) is 7.11 Å². The summed E-state index contributed by atoms with van der Waals surface area (Å²) in [6, 6.07) is 7.58. The lowest BCUT2D eigenvalue weighted by Crippen LogP contribution is -2.05. The third-order valence-corrected chi connectivity index (χ3v) is 5.45. The van der Waals surface area contributed by atoms with Crippen molar-refractivity contribution >= 4 is 23.6 Å². The molecule has 2 atom stereocenters. The van der Waals surface area contributed by atoms with Crippen LogP contribution >= 0.6 is 6.49 Å². The number of hydrogen-bond acceptors (Lipinski definition) is 4. The first-order chi connectivity index (χ1) is 7.14. The Bertz CT molecular complexity index is 390. The van der Waals surface area contributed by atoms with Crippen LogP contribution in [-0.4, -0.2) is 19.8 Å². The summed E-state index contributed by atoms with van der Waals surface area (Å²) in [5.74, 6) is 0.813. The Morgan fingerprint density at radius 3 is 2.53 bits per heavy atom. The van der Waals surface area contributed by atoms with Crippen molar-refractivity contribution in [2.75, 3.05) is 13.7 Å². The van der Waals surface area contributed by atoms with Gasteiger partial charge in [0.25, 0.3) is 0 Å². The molecule has 1 aliphatic rings. The van der Waals surface area contributed by atoms with Crippen molar-refractivity contribution in [1.82, 2.24) is 0 Å². The maximum Gasteiger partial charge on any atom is 0.219 e. The topological polar surface area (TPSA) is 27.7 Å². The summed E-state index contributed by atoms with van der Waals surface area (Å²) in [6.07, 6.45) is 0.0953. The second-order valence-corrected chi connectivity index (χ2v) is 6.83. The molecule has 3 nitrogen and oxygen atoms in total. The number of ether oxygens (including phenoxy) is 1. The molecule has 1 aliphatic heterocycles. The van der Waals surface area contributed by atoms with Gasteiger partial charge in [-0.05, 0) is 43.0 Å². The van der Waals surface area contributed by atoms with Crippen LogP contribution < -0.4 is 10.0 Å². The van der Waals surface area contributed by atoms with Gasteiger partial charge in [0.05, 0.1) is 19.8 Å². The predicted octanol–water partition coefficient (Wildman–Crippen LogP) is 2.07. The number of hydrogen-bond donors (Lipinski definition) is 0. The van der Waals surface area contributed by atoms with E-state index in [2.05, 4.69) is 0 Å². The maximum absolute atomic E-state index is 5.67. The van der Waals surface area contributed by atoms with E-state index >= 15 is 0 Å². The van der Waals surface area contributed by atoms with Gasteiger partial charge in [0.2, 0.25) is 6.49 Å². The van der Waals surface area contributed by atoms with Crippen LogP contribution in [0.25, 0.3) is 0 Å². The molecule has 0 aromatic heterocycles. The second-order valence-electron chi connectivity index (χ2n) is 3.41. The van der Waals surface area contributed by atoms with Crippen LogP contribution in [0.5, 0.6) is 5.75 Å². The minimum Gasteiger partial charge on any atom is -0.497 e. The zero-order valence-electron chi connectivity index (χ0n) is 8.67. The minimum absolute atomic E-state index is 0.0953. The summed E-state index contributed by atoms with van der Waals surface area (Å²) < 4.78 is 16.3. The molecule has 1 saturated heterocycles. The molecule has 0 aliphatic carbocycles. The van der Waals surface area contributed by atoms with Gasteiger partial charge in [-0.1, -0.05) is 0 Å². The molecule has 1 heterocycles. The van der Waals surface area contributed by atoms with Crippen LogP contribution in [0.3, 0.4) is 0 Å². The first-order valence-corrected chi connectivity index (χ1v) is 7.35. The van der Waals surface area contributed by atoms with E-state index in [9.17, 15) is 0 Å². The van der Waals surface area contributed by atoms with Crippen molar-refractivity contribution in [3.05, 3.63) is 24.3 Å². The molecule has 0 bridgehead atoms. The van der Waals surface area contributed by atoms with Crippen molar-refractivity contribution in [2.24, 2.45) is 0 Å². The van der Waals surface area contributed by atoms with E-state index in [4.69, 9.17) is 25.6 Å². The zero-order chi connectivity index (χ0) is 10.9. The minimum atomic E-state index is -2.23. The molecule has 1 aromatic rings. The highest BCUT2D eigenvalue weighted by Crippen LogP contribution is 2.53. The summed E-state index contributed by atoms with van der Waals surface area (Å²) >= 11 is 5.42. The van der Waals surface area contributed by atoms with E-state index in [1.165, 1.54) is 0 Å². The summed E-state index contributed by atoms with van der Waals surface area (Å²) in [7, 11) is 1.64. The molecule has 0 N–H and O–H groups in total. The molecule has 5 heteroatoms. The molecule has 0 saturated carbocycles. The van der Waals surface area contributed by atoms with Gasteiger partial charge < -0.3 is 13.8 Å². The average molecular weight is 244 g/mol. The Morgan fingerprint density at radius 1 is 1.40 bits per heavy atom. The highest BCUT2D eigenvalue weighted by molar-refractivity contribution is 8.13. The van der Waals surface area contributed by atoms with Gasteiger partial charge in [0.15, 0.2) is 0 Å². The molecule has 2 unspecified atom stereocenters. The number of benzene rings is 1. The molecule has 0 spiro atoms. The van der Waals surface area contributed by atoms with Crippen LogP contribution in [0, 0.1) is 0 Å². The Labute approximate surface area is 94.5 Å². The first-order valence-electron chi connectivity index (χ1n) is 4.72. The van der Waals surface area contributed by atoms with Crippen molar-refractivity contribution < 1.29 is 13.8 Å². The van der Waals surface area contributed by atoms with Gasteiger partial charge in [-0.2, -0.15) is 0 Å². The maximum atomic E-state index is 5.67. The molecular weight excluding hydrogens is 231 g/mol. The highest BCUT2D eigenvalue weighted by Gasteiger charge is 2.31. The smallest absolute Gasteiger partial charge is 0.219 e. The monoisotopic (exact) mass is 244 g/mol. The lowest BCUT2D eigenvalue weighted by Gasteiger charge is -2.14. The van der Waals surface area contributed by atoms with Gasteiger partial charge in [0, 0.05) is 5.30 Å². The van der Waals surface area contributed by atoms with E-state index in [1.807, 2.05) is 31.2 Å². The van der Waals surface area contributed by atoms with Gasteiger partial charge in [0.1, 0.15) is 5.75 Å². The predicted molar refractivity (Wildman–Crippen MR) is 63.4 cm³/mol. The lowest BCUT2D eigenvalue weighted by atomic mass is 10.3. The van der Waals surface area contributed by atoms with E-state index in [0.717, 1.165) is 11.1 Å². The Morgan fingerprint density at radius 2 is 2.07 bits per heavy atom. The first kappa shape index (κ1) is 11.1. The van der Waals surface area contributed by atoms with Crippen molar-refractivity contribution in [2.45, 2.75) is 13.0 Å². The molecule has 15 heavy (non-hydrogen) atoms. The average Bonchev–Trinajstić information content (AvgIpc) is 2.60. The van der Waals surface area contributed by atoms with Gasteiger partial charge in [-0.25, -0.2) is 0 Å². The fourth-order valence-corrected chi connectivity index (χ4v) is 4.18. The number of methoxy groups -OCH3 is 1. The second kappa shape index (κ2) is 4.22. The van der Waals surface area contributed by atoms with E-state index in [-0.39, 0.29) is 6.10 Å². The summed E-state index contributed by atoms with van der Waals surface area (Å²) in [5.41, 5.74) is 0. The Balaban J connectivity index is 2.26. The fourth-order valence-electron chi connectivity index (χ4n) is 1.40. The summed E-state index contributed by atoms with van der Waals surface area (Å²) in [5, 5.41) is 0.947. The van der Waals surface area contributed by atoms with Gasteiger partial charge in [-0.15, -0.1) is 0 Å². The van der Waals surface area contributed by atoms with Crippen LogP contribution in [-0.2, 0) is 20.9 Å². The van der Waals surface area contributed by atoms with E-state index in [0.29, 0.717) is 6.61 Å². The van der Waals surface area contributed by atoms with E-state index < -0.39 is 6.49 Å². The van der Waals surface area contributed by atoms with Gasteiger partial charge >= 0.3 is 0 Å². The quantitative estimate of drug-likeness (QED) is 0.744. The van der Waals surface area contributed by atoms with Gasteiger partial charge in [-0.3, -0.25) is 0 Å². The molecular formula is C10H13O3PS. The molecule has 82 valence electrons. The van der Waals surface area contributed by atoms with Crippen molar-refractivity contribution in [3.8, 4) is 5.75 Å². The highest BCUT2D eigenvalue weighted by atomic mass is 32.5. The zero-order valence-corrected chi connectivity index (χ0v) is 10.4. The van der Waals surface area contributed by atoms with Crippen LogP contribution in [0.2, 0.25) is 0 Å². The lowest BCUT2D eigenvalue weighted by molar-refractivity contribution is 0.262. The SMILES string of the molecule is COc1ccc(P2(=S)OCC(C)O2)cc1. The van der Waals surface area contributed by atoms with Crippen LogP contribution in [0.4, 0.5) is 0 Å². The Hall–Kier alpha value is -0.410. The normalized spacial score (nSPS) is 30.4. The molecule has 0 radical (unpaired) electrons. The number of rotatable bonds is 2. The molecule has 1 aromatic carbocycles. The molecule has 2 rings (SSSR count). The van der Waals surface area contributed by atoms with Crippen molar-refractivity contribution in [1.29, 1.82) is 0 Å². The van der Waals surface area contributed by atoms with Crippen LogP contribution in [0.15, 0.2) is 24.3 Å². The third kappa shape index (κ3) is 2.23. The standard InChI is InChI=1S/C10H13O3PS/c1-8-7-12-14(15,13-8)10-5-3-9(11-2)4-6-10/h3-6,8H,7H2,1-2H3. The largest absolute Gasteiger partial charge is 0.497 e. The molecule has 1 fully saturated rings. The van der Waals surface area contributed by atoms with Crippen LogP contribution in [0.1, 0.15) is 6.92 Å². The Kier molecular flexibility index (Phi) is 3.12. The third-order valence-electron chi connectivity index (χ3n) is 2.19. The summed E-state index contributed by atoms with van der Waals surface area (Å²) in [4.78, 5) is 0. The van der Waals surface area contributed by atoms with Crippen molar-refractivity contribution in [3.63, 3.8) is 0 Å². The molecule has 0 amide bonds.